The largest absolute Gasteiger partial charge is 0.497 e. The van der Waals surface area contributed by atoms with Crippen molar-refractivity contribution in [2.75, 3.05) is 58.4 Å². The molecule has 1 fully saturated rings. The second kappa shape index (κ2) is 10.2. The first-order valence-corrected chi connectivity index (χ1v) is 10.2. The summed E-state index contributed by atoms with van der Waals surface area (Å²) in [5.41, 5.74) is 2.30. The zero-order chi connectivity index (χ0) is 20.6. The predicted molar refractivity (Wildman–Crippen MR) is 116 cm³/mol. The summed E-state index contributed by atoms with van der Waals surface area (Å²) in [6, 6.07) is 16.1. The van der Waals surface area contributed by atoms with Crippen molar-refractivity contribution in [2.45, 2.75) is 13.5 Å². The maximum Gasteiger partial charge on any atom is 0.236 e. The number of piperazine rings is 1. The first-order valence-electron chi connectivity index (χ1n) is 10.2. The zero-order valence-corrected chi connectivity index (χ0v) is 17.6. The van der Waals surface area contributed by atoms with Gasteiger partial charge in [0.05, 0.1) is 20.3 Å². The summed E-state index contributed by atoms with van der Waals surface area (Å²) in [5, 5.41) is 0. The molecule has 1 amide bonds. The molecule has 0 aliphatic carbocycles. The lowest BCUT2D eigenvalue weighted by atomic mass is 10.2. The van der Waals surface area contributed by atoms with E-state index in [9.17, 15) is 4.79 Å². The van der Waals surface area contributed by atoms with Gasteiger partial charge in [0.1, 0.15) is 11.5 Å². The van der Waals surface area contributed by atoms with Gasteiger partial charge in [-0.15, -0.1) is 0 Å². The van der Waals surface area contributed by atoms with Crippen LogP contribution in [0.2, 0.25) is 0 Å². The molecule has 2 aromatic carbocycles. The molecule has 0 N–H and O–H groups in total. The quantitative estimate of drug-likeness (QED) is 0.685. The van der Waals surface area contributed by atoms with E-state index in [-0.39, 0.29) is 5.91 Å². The number of carbonyl (C=O) groups is 1. The molecule has 3 rings (SSSR count). The minimum atomic E-state index is 0.150. The fraction of sp³-hybridized carbons (Fsp3) is 0.435. The average molecular weight is 398 g/mol. The smallest absolute Gasteiger partial charge is 0.236 e. The summed E-state index contributed by atoms with van der Waals surface area (Å²) in [6.45, 7) is 7.30. The second-order valence-electron chi connectivity index (χ2n) is 7.29. The molecule has 6 heteroatoms. The fourth-order valence-electron chi connectivity index (χ4n) is 3.49. The monoisotopic (exact) mass is 397 g/mol. The number of likely N-dealkylation sites (N-methyl/N-ethyl adjacent to an activating group) is 1. The highest BCUT2D eigenvalue weighted by atomic mass is 16.5. The number of hydrogen-bond acceptors (Lipinski definition) is 5. The van der Waals surface area contributed by atoms with Gasteiger partial charge in [-0.05, 0) is 48.9 Å². The van der Waals surface area contributed by atoms with Crippen LogP contribution in [0.4, 0.5) is 5.69 Å². The van der Waals surface area contributed by atoms with Gasteiger partial charge in [-0.3, -0.25) is 9.69 Å². The Balaban J connectivity index is 1.44. The molecule has 0 bridgehead atoms. The SMILES string of the molecule is CCOc1ccc(CN(C)C(=O)CN2CCN(c3ccc(OC)cc3)CC2)cc1. The van der Waals surface area contributed by atoms with Gasteiger partial charge < -0.3 is 19.3 Å². The van der Waals surface area contributed by atoms with Crippen molar-refractivity contribution in [1.82, 2.24) is 9.80 Å². The standard InChI is InChI=1S/C23H31N3O3/c1-4-29-22-9-5-19(6-10-22)17-24(2)23(27)18-25-13-15-26(16-14-25)20-7-11-21(28-3)12-8-20/h5-12H,4,13-18H2,1-3H3. The summed E-state index contributed by atoms with van der Waals surface area (Å²) in [7, 11) is 3.55. The molecular weight excluding hydrogens is 366 g/mol. The summed E-state index contributed by atoms with van der Waals surface area (Å²) in [6.07, 6.45) is 0. The summed E-state index contributed by atoms with van der Waals surface area (Å²) in [5.74, 6) is 1.88. The number of amides is 1. The van der Waals surface area contributed by atoms with Crippen molar-refractivity contribution in [3.05, 3.63) is 54.1 Å². The van der Waals surface area contributed by atoms with Gasteiger partial charge in [0.2, 0.25) is 5.91 Å². The Labute approximate surface area is 173 Å². The number of hydrogen-bond donors (Lipinski definition) is 0. The van der Waals surface area contributed by atoms with Crippen LogP contribution in [-0.2, 0) is 11.3 Å². The number of nitrogens with zero attached hydrogens (tertiary/aromatic N) is 3. The highest BCUT2D eigenvalue weighted by Crippen LogP contribution is 2.20. The maximum atomic E-state index is 12.6. The third kappa shape index (κ3) is 5.87. The van der Waals surface area contributed by atoms with E-state index >= 15 is 0 Å². The van der Waals surface area contributed by atoms with E-state index in [1.807, 2.05) is 50.4 Å². The Morgan fingerprint density at radius 3 is 2.17 bits per heavy atom. The van der Waals surface area contributed by atoms with Gasteiger partial charge in [0, 0.05) is 45.5 Å². The zero-order valence-electron chi connectivity index (χ0n) is 17.6. The molecule has 6 nitrogen and oxygen atoms in total. The van der Waals surface area contributed by atoms with Gasteiger partial charge >= 0.3 is 0 Å². The molecule has 0 unspecified atom stereocenters. The predicted octanol–water partition coefficient (Wildman–Crippen LogP) is 2.87. The molecule has 1 aliphatic heterocycles. The molecule has 1 saturated heterocycles. The van der Waals surface area contributed by atoms with Gasteiger partial charge in [-0.2, -0.15) is 0 Å². The lowest BCUT2D eigenvalue weighted by Crippen LogP contribution is -2.49. The highest BCUT2D eigenvalue weighted by molar-refractivity contribution is 5.78. The molecule has 156 valence electrons. The topological polar surface area (TPSA) is 45.2 Å². The van der Waals surface area contributed by atoms with Crippen molar-refractivity contribution in [2.24, 2.45) is 0 Å². The van der Waals surface area contributed by atoms with Crippen molar-refractivity contribution in [1.29, 1.82) is 0 Å². The molecule has 1 aliphatic rings. The van der Waals surface area contributed by atoms with Crippen LogP contribution in [0.5, 0.6) is 11.5 Å². The van der Waals surface area contributed by atoms with Crippen molar-refractivity contribution in [3.63, 3.8) is 0 Å². The van der Waals surface area contributed by atoms with Gasteiger partial charge in [-0.25, -0.2) is 0 Å². The molecule has 0 radical (unpaired) electrons. The van der Waals surface area contributed by atoms with Crippen LogP contribution in [-0.4, -0.2) is 69.2 Å². The summed E-state index contributed by atoms with van der Waals surface area (Å²) >= 11 is 0. The van der Waals surface area contributed by atoms with Crippen molar-refractivity contribution in [3.8, 4) is 11.5 Å². The van der Waals surface area contributed by atoms with Crippen LogP contribution in [0.3, 0.4) is 0 Å². The van der Waals surface area contributed by atoms with Crippen molar-refractivity contribution < 1.29 is 14.3 Å². The van der Waals surface area contributed by atoms with Crippen LogP contribution in [0.25, 0.3) is 0 Å². The number of anilines is 1. The Morgan fingerprint density at radius 1 is 0.966 bits per heavy atom. The van der Waals surface area contributed by atoms with E-state index < -0.39 is 0 Å². The minimum absolute atomic E-state index is 0.150. The van der Waals surface area contributed by atoms with E-state index in [0.29, 0.717) is 19.7 Å². The van der Waals surface area contributed by atoms with E-state index in [0.717, 1.165) is 43.2 Å². The first-order chi connectivity index (χ1) is 14.1. The molecule has 2 aromatic rings. The van der Waals surface area contributed by atoms with Crippen LogP contribution in [0.1, 0.15) is 12.5 Å². The lowest BCUT2D eigenvalue weighted by Gasteiger charge is -2.36. The molecule has 0 atom stereocenters. The van der Waals surface area contributed by atoms with Gasteiger partial charge in [0.15, 0.2) is 0 Å². The van der Waals surface area contributed by atoms with Crippen LogP contribution in [0.15, 0.2) is 48.5 Å². The molecule has 0 spiro atoms. The summed E-state index contributed by atoms with van der Waals surface area (Å²) in [4.78, 5) is 19.0. The molecular formula is C23H31N3O3. The highest BCUT2D eigenvalue weighted by Gasteiger charge is 2.21. The minimum Gasteiger partial charge on any atom is -0.497 e. The Kier molecular flexibility index (Phi) is 7.36. The number of carbonyl (C=O) groups excluding carboxylic acids is 1. The number of benzene rings is 2. The van der Waals surface area contributed by atoms with Crippen LogP contribution >= 0.6 is 0 Å². The van der Waals surface area contributed by atoms with Gasteiger partial charge in [0.25, 0.3) is 0 Å². The average Bonchev–Trinajstić information content (AvgIpc) is 2.76. The second-order valence-corrected chi connectivity index (χ2v) is 7.29. The number of rotatable bonds is 8. The summed E-state index contributed by atoms with van der Waals surface area (Å²) < 4.78 is 10.7. The van der Waals surface area contributed by atoms with E-state index in [2.05, 4.69) is 21.9 Å². The normalized spacial score (nSPS) is 14.5. The Hall–Kier alpha value is -2.73. The van der Waals surface area contributed by atoms with Gasteiger partial charge in [-0.1, -0.05) is 12.1 Å². The molecule has 0 saturated carbocycles. The van der Waals surface area contributed by atoms with E-state index in [1.165, 1.54) is 5.69 Å². The fourth-order valence-corrected chi connectivity index (χ4v) is 3.49. The molecule has 0 aromatic heterocycles. The van der Waals surface area contributed by atoms with Crippen LogP contribution < -0.4 is 14.4 Å². The number of methoxy groups -OCH3 is 1. The van der Waals surface area contributed by atoms with Crippen LogP contribution in [0, 0.1) is 0 Å². The van der Waals surface area contributed by atoms with E-state index in [1.54, 1.807) is 12.0 Å². The Morgan fingerprint density at radius 2 is 1.59 bits per heavy atom. The molecule has 1 heterocycles. The Bertz CT molecular complexity index is 769. The van der Waals surface area contributed by atoms with E-state index in [4.69, 9.17) is 9.47 Å². The third-order valence-electron chi connectivity index (χ3n) is 5.25. The number of ether oxygens (including phenoxy) is 2. The maximum absolute atomic E-state index is 12.6. The molecule has 29 heavy (non-hydrogen) atoms. The van der Waals surface area contributed by atoms with Crippen molar-refractivity contribution >= 4 is 11.6 Å². The third-order valence-corrected chi connectivity index (χ3v) is 5.25. The lowest BCUT2D eigenvalue weighted by molar-refractivity contribution is -0.131. The first kappa shape index (κ1) is 21.0.